The van der Waals surface area contributed by atoms with Crippen LogP contribution in [0.15, 0.2) is 76.4 Å². The fourth-order valence-corrected chi connectivity index (χ4v) is 5.24. The number of hydrogen-bond donors (Lipinski definition) is 1. The van der Waals surface area contributed by atoms with Crippen molar-refractivity contribution >= 4 is 37.3 Å². The lowest BCUT2D eigenvalue weighted by Crippen LogP contribution is -2.14. The van der Waals surface area contributed by atoms with E-state index in [1.807, 2.05) is 30.3 Å². The molecule has 9 heteroatoms. The van der Waals surface area contributed by atoms with E-state index in [0.29, 0.717) is 28.4 Å². The molecule has 0 aliphatic carbocycles. The van der Waals surface area contributed by atoms with Crippen molar-refractivity contribution in [2.45, 2.75) is 11.4 Å². The lowest BCUT2D eigenvalue weighted by molar-refractivity contribution is 0.354. The SMILES string of the molecule is COc1ccc(S(=O)(=O)Nc2ccc3c(c2)sc(=O)n3Cc2ccccc2)cc1OC. The summed E-state index contributed by atoms with van der Waals surface area (Å²) in [6, 6.07) is 19.1. The summed E-state index contributed by atoms with van der Waals surface area (Å²) in [6.07, 6.45) is 0. The highest BCUT2D eigenvalue weighted by Crippen LogP contribution is 2.31. The van der Waals surface area contributed by atoms with Crippen molar-refractivity contribution in [1.29, 1.82) is 0 Å². The Hall–Kier alpha value is -3.30. The van der Waals surface area contributed by atoms with Crippen LogP contribution in [0.4, 0.5) is 5.69 Å². The fraction of sp³-hybridized carbons (Fsp3) is 0.136. The maximum atomic E-state index is 12.8. The molecule has 0 unspecified atom stereocenters. The summed E-state index contributed by atoms with van der Waals surface area (Å²) in [5, 5.41) is 0. The predicted molar refractivity (Wildman–Crippen MR) is 122 cm³/mol. The van der Waals surface area contributed by atoms with Crippen molar-refractivity contribution in [2.75, 3.05) is 18.9 Å². The van der Waals surface area contributed by atoms with E-state index in [1.54, 1.807) is 22.8 Å². The Balaban J connectivity index is 1.64. The van der Waals surface area contributed by atoms with Crippen molar-refractivity contribution < 1.29 is 17.9 Å². The average Bonchev–Trinajstić information content (AvgIpc) is 3.07. The van der Waals surface area contributed by atoms with Crippen LogP contribution in [0, 0.1) is 0 Å². The number of fused-ring (bicyclic) bond motifs is 1. The van der Waals surface area contributed by atoms with Crippen molar-refractivity contribution in [3.8, 4) is 11.5 Å². The van der Waals surface area contributed by atoms with Crippen LogP contribution in [-0.2, 0) is 16.6 Å². The zero-order valence-corrected chi connectivity index (χ0v) is 18.5. The van der Waals surface area contributed by atoms with E-state index in [1.165, 1.54) is 32.4 Å². The minimum absolute atomic E-state index is 0.0417. The molecule has 1 N–H and O–H groups in total. The molecule has 0 radical (unpaired) electrons. The Kier molecular flexibility index (Phi) is 5.71. The first-order valence-corrected chi connectivity index (χ1v) is 11.6. The fourth-order valence-electron chi connectivity index (χ4n) is 3.24. The summed E-state index contributed by atoms with van der Waals surface area (Å²) >= 11 is 1.08. The summed E-state index contributed by atoms with van der Waals surface area (Å²) in [5.74, 6) is 0.754. The zero-order chi connectivity index (χ0) is 22.0. The first-order chi connectivity index (χ1) is 14.9. The summed E-state index contributed by atoms with van der Waals surface area (Å²) < 4.78 is 41.0. The van der Waals surface area contributed by atoms with Gasteiger partial charge in [0, 0.05) is 6.07 Å². The van der Waals surface area contributed by atoms with Crippen LogP contribution >= 0.6 is 11.3 Å². The van der Waals surface area contributed by atoms with Gasteiger partial charge in [-0.25, -0.2) is 8.42 Å². The number of hydrogen-bond acceptors (Lipinski definition) is 6. The van der Waals surface area contributed by atoms with Gasteiger partial charge in [0.05, 0.1) is 41.6 Å². The van der Waals surface area contributed by atoms with E-state index in [4.69, 9.17) is 9.47 Å². The second-order valence-corrected chi connectivity index (χ2v) is 9.42. The molecule has 160 valence electrons. The molecule has 0 saturated carbocycles. The number of benzene rings is 3. The third-order valence-electron chi connectivity index (χ3n) is 4.77. The van der Waals surface area contributed by atoms with Gasteiger partial charge in [-0.05, 0) is 35.9 Å². The molecule has 0 amide bonds. The molecule has 1 heterocycles. The predicted octanol–water partition coefficient (Wildman–Crippen LogP) is 3.93. The quantitative estimate of drug-likeness (QED) is 0.455. The van der Waals surface area contributed by atoms with Gasteiger partial charge in [-0.15, -0.1) is 0 Å². The second-order valence-electron chi connectivity index (χ2n) is 6.74. The summed E-state index contributed by atoms with van der Waals surface area (Å²) in [5.41, 5.74) is 2.14. The van der Waals surface area contributed by atoms with Gasteiger partial charge in [-0.3, -0.25) is 14.1 Å². The number of thiazole rings is 1. The number of nitrogens with zero attached hydrogens (tertiary/aromatic N) is 1. The number of aromatic nitrogens is 1. The van der Waals surface area contributed by atoms with Crippen LogP contribution < -0.4 is 19.1 Å². The summed E-state index contributed by atoms with van der Waals surface area (Å²) in [4.78, 5) is 12.5. The van der Waals surface area contributed by atoms with Crippen LogP contribution in [0.3, 0.4) is 0 Å². The van der Waals surface area contributed by atoms with Gasteiger partial charge >= 0.3 is 4.87 Å². The normalized spacial score (nSPS) is 11.4. The summed E-state index contributed by atoms with van der Waals surface area (Å²) in [6.45, 7) is 0.455. The number of methoxy groups -OCH3 is 2. The molecule has 31 heavy (non-hydrogen) atoms. The standard InChI is InChI=1S/C22H20N2O5S2/c1-28-19-11-9-17(13-20(19)29-2)31(26,27)23-16-8-10-18-21(12-16)30-22(25)24(18)14-15-6-4-3-5-7-15/h3-13,23H,14H2,1-2H3. The minimum atomic E-state index is -3.86. The van der Waals surface area contributed by atoms with E-state index in [0.717, 1.165) is 22.4 Å². The molecular weight excluding hydrogens is 436 g/mol. The molecule has 0 aliphatic rings. The van der Waals surface area contributed by atoms with Crippen LogP contribution in [0.5, 0.6) is 11.5 Å². The molecule has 3 aromatic carbocycles. The van der Waals surface area contributed by atoms with Crippen molar-refractivity contribution in [3.63, 3.8) is 0 Å². The Morgan fingerprint density at radius 1 is 0.935 bits per heavy atom. The average molecular weight is 457 g/mol. The Morgan fingerprint density at radius 3 is 2.39 bits per heavy atom. The van der Waals surface area contributed by atoms with E-state index in [9.17, 15) is 13.2 Å². The highest BCUT2D eigenvalue weighted by molar-refractivity contribution is 7.92. The highest BCUT2D eigenvalue weighted by atomic mass is 32.2. The third-order valence-corrected chi connectivity index (χ3v) is 7.09. The number of ether oxygens (including phenoxy) is 2. The second kappa shape index (κ2) is 8.44. The number of rotatable bonds is 7. The maximum Gasteiger partial charge on any atom is 0.308 e. The van der Waals surface area contributed by atoms with Crippen molar-refractivity contribution in [3.05, 3.63) is 82.0 Å². The van der Waals surface area contributed by atoms with E-state index >= 15 is 0 Å². The van der Waals surface area contributed by atoms with E-state index in [2.05, 4.69) is 4.72 Å². The van der Waals surface area contributed by atoms with E-state index < -0.39 is 10.0 Å². The first kappa shape index (κ1) is 21.0. The van der Waals surface area contributed by atoms with Gasteiger partial charge in [0.25, 0.3) is 10.0 Å². The Labute approximate surface area is 183 Å². The molecule has 7 nitrogen and oxygen atoms in total. The van der Waals surface area contributed by atoms with Gasteiger partial charge in [0.2, 0.25) is 0 Å². The Morgan fingerprint density at radius 2 is 1.68 bits per heavy atom. The first-order valence-electron chi connectivity index (χ1n) is 9.33. The molecular formula is C22H20N2O5S2. The number of sulfonamides is 1. The van der Waals surface area contributed by atoms with Gasteiger partial charge in [-0.2, -0.15) is 0 Å². The largest absolute Gasteiger partial charge is 0.493 e. The van der Waals surface area contributed by atoms with Crippen molar-refractivity contribution in [1.82, 2.24) is 4.57 Å². The zero-order valence-electron chi connectivity index (χ0n) is 16.9. The maximum absolute atomic E-state index is 12.8. The Bertz CT molecular complexity index is 1390. The van der Waals surface area contributed by atoms with Gasteiger partial charge < -0.3 is 9.47 Å². The smallest absolute Gasteiger partial charge is 0.308 e. The summed E-state index contributed by atoms with van der Waals surface area (Å²) in [7, 11) is -0.934. The number of anilines is 1. The van der Waals surface area contributed by atoms with Crippen LogP contribution in [-0.4, -0.2) is 27.2 Å². The molecule has 0 spiro atoms. The molecule has 0 saturated heterocycles. The molecule has 1 aromatic heterocycles. The minimum Gasteiger partial charge on any atom is -0.493 e. The molecule has 0 fully saturated rings. The molecule has 0 aliphatic heterocycles. The molecule has 0 bridgehead atoms. The lowest BCUT2D eigenvalue weighted by Gasteiger charge is -2.12. The number of nitrogens with one attached hydrogen (secondary N) is 1. The van der Waals surface area contributed by atoms with Crippen molar-refractivity contribution in [2.24, 2.45) is 0 Å². The highest BCUT2D eigenvalue weighted by Gasteiger charge is 2.18. The van der Waals surface area contributed by atoms with E-state index in [-0.39, 0.29) is 9.77 Å². The van der Waals surface area contributed by atoms with Gasteiger partial charge in [-0.1, -0.05) is 41.7 Å². The lowest BCUT2D eigenvalue weighted by atomic mass is 10.2. The molecule has 4 aromatic rings. The topological polar surface area (TPSA) is 86.6 Å². The van der Waals surface area contributed by atoms with Crippen LogP contribution in [0.1, 0.15) is 5.56 Å². The monoisotopic (exact) mass is 456 g/mol. The molecule has 4 rings (SSSR count). The third kappa shape index (κ3) is 4.28. The van der Waals surface area contributed by atoms with Gasteiger partial charge in [0.1, 0.15) is 0 Å². The van der Waals surface area contributed by atoms with Gasteiger partial charge in [0.15, 0.2) is 11.5 Å². The van der Waals surface area contributed by atoms with Crippen LogP contribution in [0.25, 0.3) is 10.2 Å². The molecule has 0 atom stereocenters. The van der Waals surface area contributed by atoms with Crippen LogP contribution in [0.2, 0.25) is 0 Å².